The summed E-state index contributed by atoms with van der Waals surface area (Å²) in [5.41, 5.74) is -1.31. The number of nitro groups is 1. The molecule has 0 amide bonds. The first kappa shape index (κ1) is 13.8. The minimum atomic E-state index is -1.15. The van der Waals surface area contributed by atoms with Crippen LogP contribution >= 0.6 is 0 Å². The Kier molecular flexibility index (Phi) is 4.52. The van der Waals surface area contributed by atoms with Gasteiger partial charge in [-0.15, -0.1) is 0 Å². The molecule has 0 heterocycles. The second kappa shape index (κ2) is 5.89. The standard InChI is InChI=1S/C10H10F2N2O4/c1-2-18-9(15)5-13-10-7(11)3-6(14(16)17)4-8(10)12/h3-4,13H,2,5H2,1H3. The number of rotatable bonds is 5. The molecule has 1 rings (SSSR count). The third kappa shape index (κ3) is 3.37. The molecule has 0 radical (unpaired) electrons. The summed E-state index contributed by atoms with van der Waals surface area (Å²) in [6.45, 7) is 1.30. The van der Waals surface area contributed by atoms with Gasteiger partial charge in [0.05, 0.1) is 23.7 Å². The monoisotopic (exact) mass is 260 g/mol. The molecule has 98 valence electrons. The quantitative estimate of drug-likeness (QED) is 0.496. The highest BCUT2D eigenvalue weighted by molar-refractivity contribution is 5.75. The average molecular weight is 260 g/mol. The first-order valence-electron chi connectivity index (χ1n) is 4.98. The molecule has 0 aliphatic heterocycles. The molecule has 6 nitrogen and oxygen atoms in total. The predicted octanol–water partition coefficient (Wildman–Crippen LogP) is 1.85. The molecule has 0 bridgehead atoms. The zero-order valence-electron chi connectivity index (χ0n) is 9.41. The maximum absolute atomic E-state index is 13.3. The highest BCUT2D eigenvalue weighted by Gasteiger charge is 2.17. The van der Waals surface area contributed by atoms with Crippen LogP contribution in [-0.2, 0) is 9.53 Å². The van der Waals surface area contributed by atoms with Gasteiger partial charge in [-0.05, 0) is 6.92 Å². The molecule has 1 aromatic carbocycles. The van der Waals surface area contributed by atoms with Crippen molar-refractivity contribution in [1.29, 1.82) is 0 Å². The van der Waals surface area contributed by atoms with Crippen molar-refractivity contribution in [2.45, 2.75) is 6.92 Å². The van der Waals surface area contributed by atoms with Crippen LogP contribution in [0.3, 0.4) is 0 Å². The number of nitro benzene ring substituents is 1. The van der Waals surface area contributed by atoms with Gasteiger partial charge in [0, 0.05) is 0 Å². The van der Waals surface area contributed by atoms with Gasteiger partial charge < -0.3 is 10.1 Å². The first-order valence-corrected chi connectivity index (χ1v) is 4.98. The number of ether oxygens (including phenoxy) is 1. The Morgan fingerprint density at radius 2 is 2.00 bits per heavy atom. The summed E-state index contributed by atoms with van der Waals surface area (Å²) >= 11 is 0. The second-order valence-corrected chi connectivity index (χ2v) is 3.20. The third-order valence-corrected chi connectivity index (χ3v) is 1.95. The van der Waals surface area contributed by atoms with E-state index in [0.29, 0.717) is 12.1 Å². The zero-order chi connectivity index (χ0) is 13.7. The van der Waals surface area contributed by atoms with E-state index in [1.807, 2.05) is 0 Å². The Labute approximate surface area is 101 Å². The lowest BCUT2D eigenvalue weighted by atomic mass is 10.2. The van der Waals surface area contributed by atoms with E-state index in [9.17, 15) is 23.7 Å². The highest BCUT2D eigenvalue weighted by Crippen LogP contribution is 2.24. The maximum atomic E-state index is 13.3. The van der Waals surface area contributed by atoms with Crippen molar-refractivity contribution in [1.82, 2.24) is 0 Å². The molecule has 0 unspecified atom stereocenters. The topological polar surface area (TPSA) is 81.5 Å². The van der Waals surface area contributed by atoms with Gasteiger partial charge in [0.15, 0.2) is 11.6 Å². The summed E-state index contributed by atoms with van der Waals surface area (Å²) in [5.74, 6) is -2.98. The molecule has 0 aliphatic carbocycles. The van der Waals surface area contributed by atoms with E-state index in [1.165, 1.54) is 0 Å². The fraction of sp³-hybridized carbons (Fsp3) is 0.300. The van der Waals surface area contributed by atoms with Gasteiger partial charge in [-0.1, -0.05) is 0 Å². The fourth-order valence-corrected chi connectivity index (χ4v) is 1.21. The summed E-state index contributed by atoms with van der Waals surface area (Å²) in [5, 5.41) is 12.5. The number of nitrogens with one attached hydrogen (secondary N) is 1. The van der Waals surface area contributed by atoms with Crippen LogP contribution in [-0.4, -0.2) is 24.0 Å². The molecule has 0 atom stereocenters. The van der Waals surface area contributed by atoms with Crippen molar-refractivity contribution in [3.63, 3.8) is 0 Å². The third-order valence-electron chi connectivity index (χ3n) is 1.95. The number of hydrogen-bond acceptors (Lipinski definition) is 5. The van der Waals surface area contributed by atoms with Gasteiger partial charge in [-0.25, -0.2) is 8.78 Å². The minimum Gasteiger partial charge on any atom is -0.465 e. The number of anilines is 1. The van der Waals surface area contributed by atoms with E-state index >= 15 is 0 Å². The van der Waals surface area contributed by atoms with E-state index in [-0.39, 0.29) is 6.61 Å². The molecule has 0 aliphatic rings. The summed E-state index contributed by atoms with van der Waals surface area (Å²) in [7, 11) is 0. The van der Waals surface area contributed by atoms with Gasteiger partial charge in [0.2, 0.25) is 0 Å². The number of carbonyl (C=O) groups excluding carboxylic acids is 1. The molecule has 18 heavy (non-hydrogen) atoms. The summed E-state index contributed by atoms with van der Waals surface area (Å²) in [4.78, 5) is 20.4. The Bertz CT molecular complexity index is 456. The molecular formula is C10H10F2N2O4. The van der Waals surface area contributed by atoms with Crippen molar-refractivity contribution in [3.05, 3.63) is 33.9 Å². The van der Waals surface area contributed by atoms with Crippen LogP contribution in [0.5, 0.6) is 0 Å². The average Bonchev–Trinajstić information content (AvgIpc) is 2.27. The number of benzene rings is 1. The van der Waals surface area contributed by atoms with Crippen LogP contribution in [0.25, 0.3) is 0 Å². The molecular weight excluding hydrogens is 250 g/mol. The van der Waals surface area contributed by atoms with Crippen molar-refractivity contribution in [2.24, 2.45) is 0 Å². The number of hydrogen-bond donors (Lipinski definition) is 1. The van der Waals surface area contributed by atoms with Gasteiger partial charge in [0.25, 0.3) is 5.69 Å². The molecule has 0 spiro atoms. The lowest BCUT2D eigenvalue weighted by molar-refractivity contribution is -0.385. The van der Waals surface area contributed by atoms with E-state index < -0.39 is 40.4 Å². The van der Waals surface area contributed by atoms with E-state index in [2.05, 4.69) is 10.1 Å². The number of nitrogens with zero attached hydrogens (tertiary/aromatic N) is 1. The van der Waals surface area contributed by atoms with Crippen LogP contribution in [0.2, 0.25) is 0 Å². The smallest absolute Gasteiger partial charge is 0.325 e. The van der Waals surface area contributed by atoms with Crippen molar-refractivity contribution < 1.29 is 23.2 Å². The number of esters is 1. The Balaban J connectivity index is 2.84. The van der Waals surface area contributed by atoms with E-state index in [1.54, 1.807) is 6.92 Å². The van der Waals surface area contributed by atoms with Gasteiger partial charge >= 0.3 is 5.97 Å². The van der Waals surface area contributed by atoms with Gasteiger partial charge in [-0.2, -0.15) is 0 Å². The van der Waals surface area contributed by atoms with Gasteiger partial charge in [0.1, 0.15) is 12.2 Å². The molecule has 0 fully saturated rings. The normalized spacial score (nSPS) is 9.94. The number of carbonyl (C=O) groups is 1. The van der Waals surface area contributed by atoms with Crippen LogP contribution in [0.1, 0.15) is 6.92 Å². The highest BCUT2D eigenvalue weighted by atomic mass is 19.1. The van der Waals surface area contributed by atoms with Crippen molar-refractivity contribution in [2.75, 3.05) is 18.5 Å². The SMILES string of the molecule is CCOC(=O)CNc1c(F)cc([N+](=O)[O-])cc1F. The number of non-ortho nitro benzene ring substituents is 1. The molecule has 0 saturated heterocycles. The van der Waals surface area contributed by atoms with Crippen LogP contribution < -0.4 is 5.32 Å². The molecule has 0 saturated carbocycles. The Hall–Kier alpha value is -2.25. The van der Waals surface area contributed by atoms with Crippen LogP contribution in [0, 0.1) is 21.7 Å². The van der Waals surface area contributed by atoms with Gasteiger partial charge in [-0.3, -0.25) is 14.9 Å². The summed E-state index contributed by atoms with van der Waals surface area (Å²) in [6, 6.07) is 1.13. The Morgan fingerprint density at radius 3 is 2.44 bits per heavy atom. The Morgan fingerprint density at radius 1 is 1.44 bits per heavy atom. The summed E-state index contributed by atoms with van der Waals surface area (Å²) in [6.07, 6.45) is 0. The number of halogens is 2. The molecule has 0 aromatic heterocycles. The predicted molar refractivity (Wildman–Crippen MR) is 58.1 cm³/mol. The molecule has 1 aromatic rings. The van der Waals surface area contributed by atoms with E-state index in [4.69, 9.17) is 0 Å². The fourth-order valence-electron chi connectivity index (χ4n) is 1.21. The van der Waals surface area contributed by atoms with E-state index in [0.717, 1.165) is 0 Å². The largest absolute Gasteiger partial charge is 0.465 e. The lowest BCUT2D eigenvalue weighted by Crippen LogP contribution is -2.18. The molecule has 1 N–H and O–H groups in total. The van der Waals surface area contributed by atoms with Crippen molar-refractivity contribution >= 4 is 17.3 Å². The zero-order valence-corrected chi connectivity index (χ0v) is 9.41. The maximum Gasteiger partial charge on any atom is 0.325 e. The second-order valence-electron chi connectivity index (χ2n) is 3.20. The van der Waals surface area contributed by atoms with Crippen LogP contribution in [0.4, 0.5) is 20.2 Å². The van der Waals surface area contributed by atoms with Crippen molar-refractivity contribution in [3.8, 4) is 0 Å². The lowest BCUT2D eigenvalue weighted by Gasteiger charge is -2.08. The van der Waals surface area contributed by atoms with Crippen LogP contribution in [0.15, 0.2) is 12.1 Å². The molecule has 8 heteroatoms. The summed E-state index contributed by atoms with van der Waals surface area (Å²) < 4.78 is 31.2. The minimum absolute atomic E-state index is 0.145. The first-order chi connectivity index (χ1) is 8.45.